The van der Waals surface area contributed by atoms with Gasteiger partial charge in [-0.3, -0.25) is 4.79 Å². The zero-order chi connectivity index (χ0) is 24.8. The third-order valence-electron chi connectivity index (χ3n) is 5.86. The van der Waals surface area contributed by atoms with Gasteiger partial charge in [0.15, 0.2) is 0 Å². The van der Waals surface area contributed by atoms with E-state index in [9.17, 15) is 22.4 Å². The summed E-state index contributed by atoms with van der Waals surface area (Å²) in [5.41, 5.74) is 4.88. The third kappa shape index (κ3) is 4.23. The van der Waals surface area contributed by atoms with Gasteiger partial charge in [0, 0.05) is 24.3 Å². The Balaban J connectivity index is 1.87. The molecule has 6 nitrogen and oxygen atoms in total. The topological polar surface area (TPSA) is 76.2 Å². The van der Waals surface area contributed by atoms with Crippen LogP contribution in [0.3, 0.4) is 0 Å². The van der Waals surface area contributed by atoms with Crippen molar-refractivity contribution in [3.05, 3.63) is 64.7 Å². The van der Waals surface area contributed by atoms with Crippen molar-refractivity contribution in [2.75, 3.05) is 18.4 Å². The number of anilines is 2. The predicted octanol–water partition coefficient (Wildman–Crippen LogP) is 5.14. The van der Waals surface area contributed by atoms with Gasteiger partial charge in [0.1, 0.15) is 23.2 Å². The molecule has 1 aromatic heterocycles. The number of alkyl halides is 3. The molecule has 0 saturated heterocycles. The molecule has 11 heteroatoms. The number of aromatic nitrogens is 2. The average molecular weight is 496 g/mol. The van der Waals surface area contributed by atoms with Gasteiger partial charge in [0.05, 0.1) is 22.7 Å². The minimum atomic E-state index is -4.63. The van der Waals surface area contributed by atoms with Crippen LogP contribution >= 0.6 is 11.6 Å². The molecule has 0 aliphatic carbocycles. The summed E-state index contributed by atoms with van der Waals surface area (Å²) in [6.07, 6.45) is -4.63. The molecule has 3 N–H and O–H groups in total. The van der Waals surface area contributed by atoms with E-state index in [4.69, 9.17) is 22.3 Å². The minimum Gasteiger partial charge on any atom is -0.340 e. The molecule has 4 rings (SSSR count). The molecule has 0 unspecified atom stereocenters. The molecule has 0 radical (unpaired) electrons. The fourth-order valence-corrected chi connectivity index (χ4v) is 4.40. The lowest BCUT2D eigenvalue weighted by Gasteiger charge is -2.42. The molecule has 0 saturated carbocycles. The van der Waals surface area contributed by atoms with Crippen LogP contribution in [0.25, 0.3) is 11.3 Å². The zero-order valence-electron chi connectivity index (χ0n) is 18.4. The summed E-state index contributed by atoms with van der Waals surface area (Å²) < 4.78 is 55.6. The number of amides is 1. The van der Waals surface area contributed by atoms with E-state index in [0.717, 1.165) is 6.07 Å². The Bertz CT molecular complexity index is 1240. The van der Waals surface area contributed by atoms with Crippen LogP contribution in [0.15, 0.2) is 42.5 Å². The summed E-state index contributed by atoms with van der Waals surface area (Å²) in [5, 5.41) is 2.64. The van der Waals surface area contributed by atoms with Crippen LogP contribution in [-0.2, 0) is 23.1 Å². The van der Waals surface area contributed by atoms with Crippen molar-refractivity contribution < 1.29 is 22.4 Å². The molecule has 3 aromatic rings. The first-order valence-electron chi connectivity index (χ1n) is 10.4. The van der Waals surface area contributed by atoms with Gasteiger partial charge < -0.3 is 20.5 Å². The van der Waals surface area contributed by atoms with E-state index in [1.807, 2.05) is 18.4 Å². The lowest BCUT2D eigenvalue weighted by Crippen LogP contribution is -2.53. The van der Waals surface area contributed by atoms with E-state index < -0.39 is 28.1 Å². The second kappa shape index (κ2) is 8.59. The molecule has 180 valence electrons. The van der Waals surface area contributed by atoms with Gasteiger partial charge in [-0.25, -0.2) is 9.37 Å². The summed E-state index contributed by atoms with van der Waals surface area (Å²) in [5.74, 6) is 0.261. The summed E-state index contributed by atoms with van der Waals surface area (Å²) in [4.78, 5) is 18.8. The summed E-state index contributed by atoms with van der Waals surface area (Å²) >= 11 is 5.77. The van der Waals surface area contributed by atoms with Crippen molar-refractivity contribution in [2.45, 2.75) is 32.1 Å². The van der Waals surface area contributed by atoms with Gasteiger partial charge >= 0.3 is 6.18 Å². The quantitative estimate of drug-likeness (QED) is 0.491. The molecule has 2 aromatic carbocycles. The van der Waals surface area contributed by atoms with Crippen molar-refractivity contribution in [3.63, 3.8) is 0 Å². The van der Waals surface area contributed by atoms with E-state index in [-0.39, 0.29) is 18.1 Å². The molecular formula is C23H22ClF4N5O. The highest BCUT2D eigenvalue weighted by atomic mass is 35.5. The van der Waals surface area contributed by atoms with Gasteiger partial charge in [-0.2, -0.15) is 13.2 Å². The van der Waals surface area contributed by atoms with Gasteiger partial charge in [0.2, 0.25) is 5.91 Å². The van der Waals surface area contributed by atoms with Crippen LogP contribution in [0, 0.1) is 5.82 Å². The van der Waals surface area contributed by atoms with Crippen molar-refractivity contribution in [2.24, 2.45) is 5.73 Å². The number of carbonyl (C=O) groups excluding carboxylic acids is 1. The molecule has 2 heterocycles. The maximum Gasteiger partial charge on any atom is 0.417 e. The Hall–Kier alpha value is -3.11. The van der Waals surface area contributed by atoms with E-state index >= 15 is 0 Å². The number of halogens is 5. The van der Waals surface area contributed by atoms with Crippen LogP contribution < -0.4 is 11.1 Å². The first kappa shape index (κ1) is 24.0. The van der Waals surface area contributed by atoms with Crippen LogP contribution in [0.1, 0.15) is 25.2 Å². The molecule has 0 atom stereocenters. The molecule has 1 aliphatic rings. The van der Waals surface area contributed by atoms with E-state index in [2.05, 4.69) is 5.32 Å². The van der Waals surface area contributed by atoms with Crippen molar-refractivity contribution in [3.8, 4) is 11.3 Å². The van der Waals surface area contributed by atoms with Crippen LogP contribution in [0.5, 0.6) is 0 Å². The minimum absolute atomic E-state index is 0.154. The Morgan fingerprint density at radius 3 is 2.47 bits per heavy atom. The number of rotatable bonds is 4. The number of nitrogens with two attached hydrogens (primary N) is 1. The van der Waals surface area contributed by atoms with Crippen molar-refractivity contribution in [1.82, 2.24) is 14.5 Å². The summed E-state index contributed by atoms with van der Waals surface area (Å²) in [6, 6.07) is 9.15. The number of nitrogens with one attached hydrogen (secondary N) is 1. The van der Waals surface area contributed by atoms with Crippen molar-refractivity contribution in [1.29, 1.82) is 0 Å². The third-order valence-corrected chi connectivity index (χ3v) is 6.19. The van der Waals surface area contributed by atoms with Gasteiger partial charge in [-0.1, -0.05) is 11.6 Å². The average Bonchev–Trinajstić information content (AvgIpc) is 3.14. The summed E-state index contributed by atoms with van der Waals surface area (Å²) in [6.45, 7) is 4.14. The maximum absolute atomic E-state index is 13.6. The summed E-state index contributed by atoms with van der Waals surface area (Å²) in [7, 11) is 0. The van der Waals surface area contributed by atoms with Gasteiger partial charge in [-0.05, 0) is 56.3 Å². The largest absolute Gasteiger partial charge is 0.417 e. The van der Waals surface area contributed by atoms with E-state index in [0.29, 0.717) is 36.0 Å². The number of hydrogen-bond acceptors (Lipinski definition) is 4. The fourth-order valence-electron chi connectivity index (χ4n) is 4.18. The number of carbonyl (C=O) groups is 1. The zero-order valence-corrected chi connectivity index (χ0v) is 19.1. The lowest BCUT2D eigenvalue weighted by atomic mass is 9.99. The lowest BCUT2D eigenvalue weighted by molar-refractivity contribution is -0.138. The Labute approximate surface area is 198 Å². The standard InChI is InChI=1S/C23H22ClF4N5O/c1-22(2)21-31-19(13-3-5-14(25)6-4-13)20(32(21)9-10-33(22)18(34)12-29)30-15-7-8-17(24)16(11-15)23(26,27)28/h3-8,11,30H,9-10,12,29H2,1-2H3. The molecule has 0 spiro atoms. The first-order chi connectivity index (χ1) is 15.9. The monoisotopic (exact) mass is 495 g/mol. The number of nitrogens with zero attached hydrogens (tertiary/aromatic N) is 3. The number of imidazole rings is 1. The van der Waals surface area contributed by atoms with Gasteiger partial charge in [0.25, 0.3) is 0 Å². The maximum atomic E-state index is 13.6. The van der Waals surface area contributed by atoms with Crippen LogP contribution in [0.2, 0.25) is 5.02 Å². The highest BCUT2D eigenvalue weighted by Crippen LogP contribution is 2.41. The normalized spacial score (nSPS) is 15.2. The molecule has 0 bridgehead atoms. The van der Waals surface area contributed by atoms with Crippen LogP contribution in [-0.4, -0.2) is 33.4 Å². The molecule has 1 aliphatic heterocycles. The highest BCUT2D eigenvalue weighted by Gasteiger charge is 2.41. The van der Waals surface area contributed by atoms with E-state index in [1.54, 1.807) is 4.90 Å². The number of fused-ring (bicyclic) bond motifs is 1. The fraction of sp³-hybridized carbons (Fsp3) is 0.304. The van der Waals surface area contributed by atoms with E-state index in [1.165, 1.54) is 36.4 Å². The SMILES string of the molecule is CC1(C)c2nc(-c3ccc(F)cc3)c(Nc3ccc(Cl)c(C(F)(F)F)c3)n2CCN1C(=O)CN. The van der Waals surface area contributed by atoms with Crippen molar-refractivity contribution >= 4 is 29.0 Å². The smallest absolute Gasteiger partial charge is 0.340 e. The highest BCUT2D eigenvalue weighted by molar-refractivity contribution is 6.31. The molecule has 0 fully saturated rings. The molecule has 1 amide bonds. The second-order valence-corrected chi connectivity index (χ2v) is 8.82. The number of hydrogen-bond donors (Lipinski definition) is 2. The second-order valence-electron chi connectivity index (χ2n) is 8.42. The number of benzene rings is 2. The molecule has 34 heavy (non-hydrogen) atoms. The first-order valence-corrected chi connectivity index (χ1v) is 10.8. The van der Waals surface area contributed by atoms with Crippen LogP contribution in [0.4, 0.5) is 29.1 Å². The Morgan fingerprint density at radius 1 is 1.18 bits per heavy atom. The molecular weight excluding hydrogens is 474 g/mol. The Morgan fingerprint density at radius 2 is 1.85 bits per heavy atom. The van der Waals surface area contributed by atoms with Gasteiger partial charge in [-0.15, -0.1) is 0 Å². The predicted molar refractivity (Wildman–Crippen MR) is 121 cm³/mol. The Kier molecular flexibility index (Phi) is 6.07.